The van der Waals surface area contributed by atoms with Crippen LogP contribution in [0.1, 0.15) is 31.9 Å². The van der Waals surface area contributed by atoms with Crippen molar-refractivity contribution in [3.8, 4) is 0 Å². The van der Waals surface area contributed by atoms with Gasteiger partial charge in [-0.25, -0.2) is 4.79 Å². The first-order chi connectivity index (χ1) is 9.83. The summed E-state index contributed by atoms with van der Waals surface area (Å²) in [5.41, 5.74) is -0.180. The lowest BCUT2D eigenvalue weighted by Gasteiger charge is -2.26. The molecule has 0 spiro atoms. The van der Waals surface area contributed by atoms with E-state index in [0.29, 0.717) is 12.0 Å². The number of aromatic nitrogens is 2. The summed E-state index contributed by atoms with van der Waals surface area (Å²) in [5.74, 6) is 0.221. The van der Waals surface area contributed by atoms with Crippen molar-refractivity contribution in [2.45, 2.75) is 32.4 Å². The Morgan fingerprint density at radius 1 is 1.38 bits per heavy atom. The van der Waals surface area contributed by atoms with E-state index in [2.05, 4.69) is 11.9 Å². The standard InChI is InChI=1S/C15H25N3O3/c1-6-7-12(16-13(9-19)10(2)3)11-8-17(4)15(21)18(5)14(11)20/h6,8,10,12-13,16,19H,1,7,9H2,2-5H3/t12?,13-/m1/s1. The molecule has 21 heavy (non-hydrogen) atoms. The molecule has 1 unspecified atom stereocenters. The lowest BCUT2D eigenvalue weighted by atomic mass is 10.0. The van der Waals surface area contributed by atoms with Crippen molar-refractivity contribution < 1.29 is 5.11 Å². The van der Waals surface area contributed by atoms with Crippen LogP contribution in [0.2, 0.25) is 0 Å². The van der Waals surface area contributed by atoms with Crippen LogP contribution in [0.4, 0.5) is 0 Å². The zero-order valence-electron chi connectivity index (χ0n) is 13.2. The quantitative estimate of drug-likeness (QED) is 0.710. The molecular formula is C15H25N3O3. The molecule has 0 aliphatic carbocycles. The van der Waals surface area contributed by atoms with Crippen LogP contribution >= 0.6 is 0 Å². The van der Waals surface area contributed by atoms with Crippen LogP contribution < -0.4 is 16.6 Å². The van der Waals surface area contributed by atoms with Crippen molar-refractivity contribution >= 4 is 0 Å². The van der Waals surface area contributed by atoms with Crippen LogP contribution in [0.3, 0.4) is 0 Å². The van der Waals surface area contributed by atoms with E-state index < -0.39 is 0 Å². The molecule has 0 saturated heterocycles. The first-order valence-electron chi connectivity index (χ1n) is 7.07. The smallest absolute Gasteiger partial charge is 0.330 e. The van der Waals surface area contributed by atoms with Crippen LogP contribution in [0.5, 0.6) is 0 Å². The molecule has 0 aliphatic heterocycles. The monoisotopic (exact) mass is 295 g/mol. The zero-order valence-corrected chi connectivity index (χ0v) is 13.2. The van der Waals surface area contributed by atoms with Crippen LogP contribution in [0.25, 0.3) is 0 Å². The van der Waals surface area contributed by atoms with Crippen molar-refractivity contribution in [2.75, 3.05) is 6.61 Å². The summed E-state index contributed by atoms with van der Waals surface area (Å²) >= 11 is 0. The maximum absolute atomic E-state index is 12.3. The molecule has 1 aromatic heterocycles. The SMILES string of the molecule is C=CCC(N[C@H](CO)C(C)C)c1cn(C)c(=O)n(C)c1=O. The predicted molar refractivity (Wildman–Crippen MR) is 83.3 cm³/mol. The highest BCUT2D eigenvalue weighted by molar-refractivity contribution is 5.13. The summed E-state index contributed by atoms with van der Waals surface area (Å²) < 4.78 is 2.48. The van der Waals surface area contributed by atoms with E-state index in [1.54, 1.807) is 19.3 Å². The number of aliphatic hydroxyl groups is 1. The van der Waals surface area contributed by atoms with Crippen molar-refractivity contribution in [2.24, 2.45) is 20.0 Å². The maximum Gasteiger partial charge on any atom is 0.330 e. The zero-order chi connectivity index (χ0) is 16.2. The van der Waals surface area contributed by atoms with E-state index >= 15 is 0 Å². The molecule has 0 saturated carbocycles. The van der Waals surface area contributed by atoms with Gasteiger partial charge in [-0.1, -0.05) is 19.9 Å². The minimum Gasteiger partial charge on any atom is -0.395 e. The van der Waals surface area contributed by atoms with Crippen molar-refractivity contribution in [1.29, 1.82) is 0 Å². The average Bonchev–Trinajstić information content (AvgIpc) is 2.44. The molecule has 2 N–H and O–H groups in total. The van der Waals surface area contributed by atoms with E-state index in [0.717, 1.165) is 4.57 Å². The van der Waals surface area contributed by atoms with Crippen LogP contribution in [0, 0.1) is 5.92 Å². The van der Waals surface area contributed by atoms with Crippen LogP contribution in [0.15, 0.2) is 28.4 Å². The number of aliphatic hydroxyl groups excluding tert-OH is 1. The lowest BCUT2D eigenvalue weighted by Crippen LogP contribution is -2.44. The molecule has 1 aromatic rings. The molecule has 0 amide bonds. The molecule has 0 aromatic carbocycles. The minimum absolute atomic E-state index is 0.0165. The number of hydrogen-bond donors (Lipinski definition) is 2. The number of nitrogens with one attached hydrogen (secondary N) is 1. The summed E-state index contributed by atoms with van der Waals surface area (Å²) in [4.78, 5) is 24.1. The van der Waals surface area contributed by atoms with E-state index in [-0.39, 0.29) is 35.9 Å². The van der Waals surface area contributed by atoms with Gasteiger partial charge in [-0.2, -0.15) is 0 Å². The Bertz CT molecular complexity index is 601. The fourth-order valence-electron chi connectivity index (χ4n) is 2.24. The van der Waals surface area contributed by atoms with E-state index in [1.807, 2.05) is 13.8 Å². The van der Waals surface area contributed by atoms with Crippen LogP contribution in [-0.2, 0) is 14.1 Å². The average molecular weight is 295 g/mol. The Morgan fingerprint density at radius 2 is 2.00 bits per heavy atom. The van der Waals surface area contributed by atoms with E-state index in [4.69, 9.17) is 0 Å². The number of aryl methyl sites for hydroxylation is 1. The number of hydrogen-bond acceptors (Lipinski definition) is 4. The molecule has 0 fully saturated rings. The molecule has 6 nitrogen and oxygen atoms in total. The molecule has 2 atom stereocenters. The lowest BCUT2D eigenvalue weighted by molar-refractivity contribution is 0.198. The van der Waals surface area contributed by atoms with E-state index in [9.17, 15) is 14.7 Å². The fraction of sp³-hybridized carbons (Fsp3) is 0.600. The van der Waals surface area contributed by atoms with Gasteiger partial charge in [-0.15, -0.1) is 6.58 Å². The van der Waals surface area contributed by atoms with Crippen molar-refractivity contribution in [3.63, 3.8) is 0 Å². The summed E-state index contributed by atoms with van der Waals surface area (Å²) in [7, 11) is 3.08. The Morgan fingerprint density at radius 3 is 2.48 bits per heavy atom. The highest BCUT2D eigenvalue weighted by atomic mass is 16.3. The Kier molecular flexibility index (Phi) is 6.11. The largest absolute Gasteiger partial charge is 0.395 e. The first kappa shape index (κ1) is 17.4. The third-order valence-electron chi connectivity index (χ3n) is 3.67. The second kappa shape index (κ2) is 7.38. The van der Waals surface area contributed by atoms with Crippen molar-refractivity contribution in [3.05, 3.63) is 45.3 Å². The van der Waals surface area contributed by atoms with Gasteiger partial charge in [0.2, 0.25) is 0 Å². The molecular weight excluding hydrogens is 270 g/mol. The van der Waals surface area contributed by atoms with Gasteiger partial charge in [0.1, 0.15) is 0 Å². The normalized spacial score (nSPS) is 14.2. The highest BCUT2D eigenvalue weighted by Gasteiger charge is 2.21. The molecule has 0 aliphatic rings. The maximum atomic E-state index is 12.3. The van der Waals surface area contributed by atoms with E-state index in [1.165, 1.54) is 11.6 Å². The predicted octanol–water partition coefficient (Wildman–Crippen LogP) is 0.308. The van der Waals surface area contributed by atoms with Crippen molar-refractivity contribution in [1.82, 2.24) is 14.5 Å². The number of rotatable bonds is 7. The second-order valence-electron chi connectivity index (χ2n) is 5.62. The third kappa shape index (κ3) is 3.92. The molecule has 118 valence electrons. The third-order valence-corrected chi connectivity index (χ3v) is 3.67. The molecule has 1 heterocycles. The summed E-state index contributed by atoms with van der Waals surface area (Å²) in [5, 5.41) is 12.7. The van der Waals surface area contributed by atoms with Gasteiger partial charge in [0, 0.05) is 32.4 Å². The molecule has 6 heteroatoms. The highest BCUT2D eigenvalue weighted by Crippen LogP contribution is 2.16. The molecule has 0 bridgehead atoms. The van der Waals surface area contributed by atoms with Gasteiger partial charge in [0.25, 0.3) is 5.56 Å². The van der Waals surface area contributed by atoms with Crippen LogP contribution in [-0.4, -0.2) is 26.9 Å². The summed E-state index contributed by atoms with van der Waals surface area (Å²) in [6.07, 6.45) is 3.81. The Balaban J connectivity index is 3.26. The first-order valence-corrected chi connectivity index (χ1v) is 7.07. The van der Waals surface area contributed by atoms with Gasteiger partial charge < -0.3 is 15.0 Å². The van der Waals surface area contributed by atoms with Gasteiger partial charge in [-0.3, -0.25) is 9.36 Å². The number of nitrogens with zero attached hydrogens (tertiary/aromatic N) is 2. The molecule has 0 radical (unpaired) electrons. The summed E-state index contributed by atoms with van der Waals surface area (Å²) in [6.45, 7) is 7.70. The molecule has 1 rings (SSSR count). The van der Waals surface area contributed by atoms with Gasteiger partial charge in [0.05, 0.1) is 12.2 Å². The topological polar surface area (TPSA) is 76.3 Å². The summed E-state index contributed by atoms with van der Waals surface area (Å²) in [6, 6.07) is -0.413. The van der Waals surface area contributed by atoms with Gasteiger partial charge >= 0.3 is 5.69 Å². The second-order valence-corrected chi connectivity index (χ2v) is 5.62. The van der Waals surface area contributed by atoms with Gasteiger partial charge in [0.15, 0.2) is 0 Å². The minimum atomic E-state index is -0.358. The fourth-order valence-corrected chi connectivity index (χ4v) is 2.24. The van der Waals surface area contributed by atoms with Gasteiger partial charge in [-0.05, 0) is 12.3 Å². The Labute approximate surface area is 124 Å². The Hall–Kier alpha value is -1.66.